The number of hydrogen-bond donors (Lipinski definition) is 2. The van der Waals surface area contributed by atoms with E-state index < -0.39 is 5.91 Å². The van der Waals surface area contributed by atoms with E-state index in [0.717, 1.165) is 25.9 Å². The summed E-state index contributed by atoms with van der Waals surface area (Å²) >= 11 is 0. The average Bonchev–Trinajstić information content (AvgIpc) is 2.59. The Bertz CT molecular complexity index is 568. The molecule has 1 saturated heterocycles. The van der Waals surface area contributed by atoms with Crippen molar-refractivity contribution in [2.75, 3.05) is 26.8 Å². The molecular weight excluding hydrogens is 298 g/mol. The van der Waals surface area contributed by atoms with Gasteiger partial charge in [-0.05, 0) is 37.0 Å². The van der Waals surface area contributed by atoms with Gasteiger partial charge in [-0.25, -0.2) is 5.84 Å². The lowest BCUT2D eigenvalue weighted by Crippen LogP contribution is -2.40. The van der Waals surface area contributed by atoms with Gasteiger partial charge >= 0.3 is 0 Å². The Kier molecular flexibility index (Phi) is 5.81. The molecule has 1 fully saturated rings. The van der Waals surface area contributed by atoms with Crippen molar-refractivity contribution in [1.82, 2.24) is 10.3 Å². The molecule has 7 nitrogen and oxygen atoms in total. The van der Waals surface area contributed by atoms with Crippen molar-refractivity contribution in [2.24, 2.45) is 11.8 Å². The standard InChI is InChI=1S/C16H23N3O4/c1-11-5-7-19(8-6-11)15(20)10-23-13-4-3-12(16(21)18-17)9-14(13)22-2/h3-4,9,11H,5-8,10,17H2,1-2H3,(H,18,21). The predicted molar refractivity (Wildman–Crippen MR) is 85.1 cm³/mol. The highest BCUT2D eigenvalue weighted by Gasteiger charge is 2.21. The number of rotatable bonds is 5. The molecule has 0 saturated carbocycles. The van der Waals surface area contributed by atoms with Crippen LogP contribution in [0.1, 0.15) is 30.1 Å². The van der Waals surface area contributed by atoms with E-state index >= 15 is 0 Å². The smallest absolute Gasteiger partial charge is 0.265 e. The summed E-state index contributed by atoms with van der Waals surface area (Å²) in [4.78, 5) is 25.5. The van der Waals surface area contributed by atoms with Crippen LogP contribution in [0.5, 0.6) is 11.5 Å². The second-order valence-corrected chi connectivity index (χ2v) is 5.69. The molecule has 23 heavy (non-hydrogen) atoms. The number of hydrazine groups is 1. The highest BCUT2D eigenvalue weighted by molar-refractivity contribution is 5.94. The first-order valence-electron chi connectivity index (χ1n) is 7.64. The average molecular weight is 321 g/mol. The van der Waals surface area contributed by atoms with Crippen molar-refractivity contribution < 1.29 is 19.1 Å². The van der Waals surface area contributed by atoms with Crippen LogP contribution in [0.15, 0.2) is 18.2 Å². The van der Waals surface area contributed by atoms with Crippen LogP contribution in [0.3, 0.4) is 0 Å². The number of nitrogens with one attached hydrogen (secondary N) is 1. The van der Waals surface area contributed by atoms with E-state index in [0.29, 0.717) is 23.0 Å². The number of methoxy groups -OCH3 is 1. The minimum atomic E-state index is -0.423. The van der Waals surface area contributed by atoms with E-state index in [1.54, 1.807) is 12.1 Å². The second-order valence-electron chi connectivity index (χ2n) is 5.69. The summed E-state index contributed by atoms with van der Waals surface area (Å²) in [6.45, 7) is 3.70. The van der Waals surface area contributed by atoms with Crippen molar-refractivity contribution in [3.05, 3.63) is 23.8 Å². The summed E-state index contributed by atoms with van der Waals surface area (Å²) in [6.07, 6.45) is 2.05. The number of nitrogens with zero attached hydrogens (tertiary/aromatic N) is 1. The van der Waals surface area contributed by atoms with Gasteiger partial charge in [-0.1, -0.05) is 6.92 Å². The number of amides is 2. The lowest BCUT2D eigenvalue weighted by molar-refractivity contribution is -0.134. The fourth-order valence-electron chi connectivity index (χ4n) is 2.50. The largest absolute Gasteiger partial charge is 0.493 e. The van der Waals surface area contributed by atoms with Gasteiger partial charge in [0.15, 0.2) is 18.1 Å². The summed E-state index contributed by atoms with van der Waals surface area (Å²) in [5.41, 5.74) is 2.41. The number of benzene rings is 1. The molecule has 0 radical (unpaired) electrons. The summed E-state index contributed by atoms with van der Waals surface area (Å²) in [7, 11) is 1.47. The van der Waals surface area contributed by atoms with Crippen molar-refractivity contribution in [2.45, 2.75) is 19.8 Å². The quantitative estimate of drug-likeness (QED) is 0.478. The number of nitrogen functional groups attached to an aromatic ring is 1. The molecule has 3 N–H and O–H groups in total. The molecule has 0 bridgehead atoms. The van der Waals surface area contributed by atoms with Gasteiger partial charge in [0.1, 0.15) is 0 Å². The molecule has 1 aliphatic rings. The van der Waals surface area contributed by atoms with Gasteiger partial charge in [-0.15, -0.1) is 0 Å². The molecule has 1 heterocycles. The molecule has 1 aromatic carbocycles. The first kappa shape index (κ1) is 17.1. The molecule has 2 rings (SSSR count). The lowest BCUT2D eigenvalue weighted by atomic mass is 9.99. The van der Waals surface area contributed by atoms with Gasteiger partial charge in [0, 0.05) is 18.7 Å². The molecule has 126 valence electrons. The Hall–Kier alpha value is -2.28. The molecule has 1 aromatic rings. The molecular formula is C16H23N3O4. The molecule has 0 spiro atoms. The molecule has 7 heteroatoms. The lowest BCUT2D eigenvalue weighted by Gasteiger charge is -2.30. The SMILES string of the molecule is COc1cc(C(=O)NN)ccc1OCC(=O)N1CCC(C)CC1. The molecule has 0 aliphatic carbocycles. The Morgan fingerprint density at radius 3 is 2.61 bits per heavy atom. The maximum absolute atomic E-state index is 12.2. The number of ether oxygens (including phenoxy) is 2. The molecule has 0 aromatic heterocycles. The second kappa shape index (κ2) is 7.82. The highest BCUT2D eigenvalue weighted by Crippen LogP contribution is 2.28. The Morgan fingerprint density at radius 1 is 1.30 bits per heavy atom. The van der Waals surface area contributed by atoms with E-state index in [9.17, 15) is 9.59 Å². The fourth-order valence-corrected chi connectivity index (χ4v) is 2.50. The first-order chi connectivity index (χ1) is 11.0. The zero-order chi connectivity index (χ0) is 16.8. The van der Waals surface area contributed by atoms with Gasteiger partial charge in [0.25, 0.3) is 11.8 Å². The van der Waals surface area contributed by atoms with Crippen LogP contribution in [0, 0.1) is 5.92 Å². The minimum Gasteiger partial charge on any atom is -0.493 e. The van der Waals surface area contributed by atoms with E-state index in [1.165, 1.54) is 13.2 Å². The van der Waals surface area contributed by atoms with Crippen LogP contribution in [0.2, 0.25) is 0 Å². The van der Waals surface area contributed by atoms with Crippen LogP contribution >= 0.6 is 0 Å². The Labute approximate surface area is 135 Å². The first-order valence-corrected chi connectivity index (χ1v) is 7.64. The zero-order valence-corrected chi connectivity index (χ0v) is 13.5. The van der Waals surface area contributed by atoms with Crippen LogP contribution in [0.4, 0.5) is 0 Å². The molecule has 1 aliphatic heterocycles. The molecule has 0 unspecified atom stereocenters. The third kappa shape index (κ3) is 4.35. The van der Waals surface area contributed by atoms with Gasteiger partial charge in [0.05, 0.1) is 7.11 Å². The Balaban J connectivity index is 1.97. The molecule has 2 amide bonds. The number of carbonyl (C=O) groups excluding carboxylic acids is 2. The highest BCUT2D eigenvalue weighted by atomic mass is 16.5. The number of hydrogen-bond acceptors (Lipinski definition) is 5. The molecule has 0 atom stereocenters. The normalized spacial score (nSPS) is 15.2. The Morgan fingerprint density at radius 2 is 2.00 bits per heavy atom. The van der Waals surface area contributed by atoms with Crippen LogP contribution < -0.4 is 20.7 Å². The van der Waals surface area contributed by atoms with Crippen molar-refractivity contribution in [3.63, 3.8) is 0 Å². The monoisotopic (exact) mass is 321 g/mol. The summed E-state index contributed by atoms with van der Waals surface area (Å²) < 4.78 is 10.8. The summed E-state index contributed by atoms with van der Waals surface area (Å²) in [5, 5.41) is 0. The predicted octanol–water partition coefficient (Wildman–Crippen LogP) is 0.936. The van der Waals surface area contributed by atoms with E-state index in [1.807, 2.05) is 4.90 Å². The van der Waals surface area contributed by atoms with Gasteiger partial charge in [-0.3, -0.25) is 15.0 Å². The van der Waals surface area contributed by atoms with Crippen LogP contribution in [0.25, 0.3) is 0 Å². The summed E-state index contributed by atoms with van der Waals surface area (Å²) in [5.74, 6) is 6.11. The number of piperidine rings is 1. The zero-order valence-electron chi connectivity index (χ0n) is 13.5. The summed E-state index contributed by atoms with van der Waals surface area (Å²) in [6, 6.07) is 4.67. The third-order valence-corrected chi connectivity index (χ3v) is 4.04. The van der Waals surface area contributed by atoms with Gasteiger partial charge < -0.3 is 14.4 Å². The van der Waals surface area contributed by atoms with Gasteiger partial charge in [-0.2, -0.15) is 0 Å². The number of nitrogens with two attached hydrogens (primary N) is 1. The maximum atomic E-state index is 12.2. The number of carbonyl (C=O) groups is 2. The minimum absolute atomic E-state index is 0.0391. The van der Waals surface area contributed by atoms with Crippen LogP contribution in [-0.4, -0.2) is 43.5 Å². The topological polar surface area (TPSA) is 93.9 Å². The van der Waals surface area contributed by atoms with E-state index in [4.69, 9.17) is 15.3 Å². The maximum Gasteiger partial charge on any atom is 0.265 e. The van der Waals surface area contributed by atoms with Crippen LogP contribution in [-0.2, 0) is 4.79 Å². The number of likely N-dealkylation sites (tertiary alicyclic amines) is 1. The van der Waals surface area contributed by atoms with E-state index in [-0.39, 0.29) is 12.5 Å². The van der Waals surface area contributed by atoms with Gasteiger partial charge in [0.2, 0.25) is 0 Å². The van der Waals surface area contributed by atoms with Crippen molar-refractivity contribution >= 4 is 11.8 Å². The fraction of sp³-hybridized carbons (Fsp3) is 0.500. The third-order valence-electron chi connectivity index (χ3n) is 4.04. The van der Waals surface area contributed by atoms with Crippen molar-refractivity contribution in [1.29, 1.82) is 0 Å². The van der Waals surface area contributed by atoms with Crippen molar-refractivity contribution in [3.8, 4) is 11.5 Å². The van der Waals surface area contributed by atoms with E-state index in [2.05, 4.69) is 12.3 Å².